The number of nitrogens with zero attached hydrogens (tertiary/aromatic N) is 2. The standard InChI is InChI=1S/C16H20N4O/c17-20-15-10-14(12-6-4-5-7-12)18-16(19-15)11-21-13-8-2-1-3-9-13/h1-3,8-10,12H,4-7,11,17H2,(H,18,19,20). The second-order valence-electron chi connectivity index (χ2n) is 5.32. The molecule has 0 spiro atoms. The SMILES string of the molecule is NNc1cc(C2CCCC2)nc(COc2ccccc2)n1. The van der Waals surface area contributed by atoms with Crippen LogP contribution in [0.25, 0.3) is 0 Å². The van der Waals surface area contributed by atoms with Crippen molar-refractivity contribution in [2.45, 2.75) is 38.2 Å². The lowest BCUT2D eigenvalue weighted by molar-refractivity contribution is 0.295. The van der Waals surface area contributed by atoms with E-state index in [1.807, 2.05) is 36.4 Å². The first kappa shape index (κ1) is 13.8. The van der Waals surface area contributed by atoms with Crippen LogP contribution in [0.15, 0.2) is 36.4 Å². The molecule has 0 amide bonds. The molecule has 0 unspecified atom stereocenters. The highest BCUT2D eigenvalue weighted by Gasteiger charge is 2.20. The molecule has 5 nitrogen and oxygen atoms in total. The van der Waals surface area contributed by atoms with E-state index < -0.39 is 0 Å². The van der Waals surface area contributed by atoms with Crippen LogP contribution in [-0.2, 0) is 6.61 Å². The number of para-hydroxylation sites is 1. The lowest BCUT2D eigenvalue weighted by atomic mass is 10.0. The van der Waals surface area contributed by atoms with Crippen molar-refractivity contribution in [3.8, 4) is 5.75 Å². The third-order valence-corrected chi connectivity index (χ3v) is 3.82. The molecule has 21 heavy (non-hydrogen) atoms. The molecule has 3 N–H and O–H groups in total. The summed E-state index contributed by atoms with van der Waals surface area (Å²) in [6.45, 7) is 0.346. The van der Waals surface area contributed by atoms with E-state index in [0.717, 1.165) is 11.4 Å². The number of nitrogens with two attached hydrogens (primary N) is 1. The van der Waals surface area contributed by atoms with Crippen molar-refractivity contribution in [2.75, 3.05) is 5.43 Å². The molecular formula is C16H20N4O. The molecule has 0 aliphatic heterocycles. The Hall–Kier alpha value is -2.14. The fraction of sp³-hybridized carbons (Fsp3) is 0.375. The molecule has 1 aromatic heterocycles. The maximum absolute atomic E-state index is 5.72. The third kappa shape index (κ3) is 3.49. The van der Waals surface area contributed by atoms with Crippen LogP contribution in [0.4, 0.5) is 5.82 Å². The summed E-state index contributed by atoms with van der Waals surface area (Å²) in [6.07, 6.45) is 4.94. The molecule has 0 radical (unpaired) electrons. The molecule has 5 heteroatoms. The number of hydrogen-bond donors (Lipinski definition) is 2. The van der Waals surface area contributed by atoms with Crippen LogP contribution in [0.2, 0.25) is 0 Å². The first-order chi connectivity index (χ1) is 10.3. The molecule has 1 heterocycles. The summed E-state index contributed by atoms with van der Waals surface area (Å²) in [5.74, 6) is 8.17. The number of hydrogen-bond acceptors (Lipinski definition) is 5. The summed E-state index contributed by atoms with van der Waals surface area (Å²) < 4.78 is 5.72. The van der Waals surface area contributed by atoms with Crippen LogP contribution in [0.1, 0.15) is 43.1 Å². The van der Waals surface area contributed by atoms with Gasteiger partial charge in [-0.15, -0.1) is 0 Å². The van der Waals surface area contributed by atoms with Crippen LogP contribution in [0.3, 0.4) is 0 Å². The number of nitrogens with one attached hydrogen (secondary N) is 1. The molecule has 110 valence electrons. The summed E-state index contributed by atoms with van der Waals surface area (Å²) in [5.41, 5.74) is 3.69. The summed E-state index contributed by atoms with van der Waals surface area (Å²) in [6, 6.07) is 11.6. The summed E-state index contributed by atoms with van der Waals surface area (Å²) in [7, 11) is 0. The Labute approximate surface area is 124 Å². The Bertz CT molecular complexity index is 582. The van der Waals surface area contributed by atoms with Gasteiger partial charge in [0.05, 0.1) is 0 Å². The number of ether oxygens (including phenoxy) is 1. The van der Waals surface area contributed by atoms with Gasteiger partial charge in [-0.2, -0.15) is 0 Å². The second-order valence-corrected chi connectivity index (χ2v) is 5.32. The molecule has 1 aliphatic rings. The quantitative estimate of drug-likeness (QED) is 0.652. The van der Waals surface area contributed by atoms with Gasteiger partial charge >= 0.3 is 0 Å². The Morgan fingerprint density at radius 3 is 2.62 bits per heavy atom. The van der Waals surface area contributed by atoms with Crippen molar-refractivity contribution in [3.63, 3.8) is 0 Å². The van der Waals surface area contributed by atoms with Gasteiger partial charge in [0.2, 0.25) is 0 Å². The van der Waals surface area contributed by atoms with Crippen LogP contribution in [0.5, 0.6) is 5.75 Å². The maximum Gasteiger partial charge on any atom is 0.168 e. The van der Waals surface area contributed by atoms with Gasteiger partial charge in [-0.25, -0.2) is 15.8 Å². The largest absolute Gasteiger partial charge is 0.486 e. The highest BCUT2D eigenvalue weighted by molar-refractivity contribution is 5.36. The Morgan fingerprint density at radius 2 is 1.90 bits per heavy atom. The highest BCUT2D eigenvalue weighted by atomic mass is 16.5. The Balaban J connectivity index is 1.75. The second kappa shape index (κ2) is 6.54. The van der Waals surface area contributed by atoms with Gasteiger partial charge in [-0.05, 0) is 25.0 Å². The fourth-order valence-electron chi connectivity index (χ4n) is 2.75. The lowest BCUT2D eigenvalue weighted by Gasteiger charge is -2.12. The summed E-state index contributed by atoms with van der Waals surface area (Å²) in [5, 5.41) is 0. The fourth-order valence-corrected chi connectivity index (χ4v) is 2.75. The van der Waals surface area contributed by atoms with E-state index in [1.54, 1.807) is 0 Å². The van der Waals surface area contributed by atoms with E-state index in [0.29, 0.717) is 24.2 Å². The molecule has 3 rings (SSSR count). The van der Waals surface area contributed by atoms with Crippen molar-refractivity contribution >= 4 is 5.82 Å². The Morgan fingerprint density at radius 1 is 1.14 bits per heavy atom. The summed E-state index contributed by atoms with van der Waals surface area (Å²) in [4.78, 5) is 9.01. The van der Waals surface area contributed by atoms with Crippen molar-refractivity contribution in [2.24, 2.45) is 5.84 Å². The number of anilines is 1. The van der Waals surface area contributed by atoms with Gasteiger partial charge in [0.1, 0.15) is 18.2 Å². The van der Waals surface area contributed by atoms with E-state index in [2.05, 4.69) is 15.4 Å². The van der Waals surface area contributed by atoms with Crippen LogP contribution in [0, 0.1) is 0 Å². The number of hydrazine groups is 1. The van der Waals surface area contributed by atoms with E-state index >= 15 is 0 Å². The molecule has 0 atom stereocenters. The van der Waals surface area contributed by atoms with Crippen LogP contribution >= 0.6 is 0 Å². The van der Waals surface area contributed by atoms with Crippen molar-refractivity contribution in [1.29, 1.82) is 0 Å². The minimum Gasteiger partial charge on any atom is -0.486 e. The van der Waals surface area contributed by atoms with E-state index in [4.69, 9.17) is 10.6 Å². The highest BCUT2D eigenvalue weighted by Crippen LogP contribution is 2.33. The molecule has 1 saturated carbocycles. The number of aromatic nitrogens is 2. The average Bonchev–Trinajstić information content (AvgIpc) is 3.08. The molecular weight excluding hydrogens is 264 g/mol. The zero-order chi connectivity index (χ0) is 14.5. The lowest BCUT2D eigenvalue weighted by Crippen LogP contribution is -2.13. The molecule has 2 aromatic rings. The molecule has 1 aromatic carbocycles. The molecule has 0 saturated heterocycles. The monoisotopic (exact) mass is 284 g/mol. The van der Waals surface area contributed by atoms with E-state index in [9.17, 15) is 0 Å². The van der Waals surface area contributed by atoms with Gasteiger partial charge in [0.25, 0.3) is 0 Å². The van der Waals surface area contributed by atoms with Gasteiger partial charge in [-0.3, -0.25) is 0 Å². The maximum atomic E-state index is 5.72. The Kier molecular flexibility index (Phi) is 4.31. The van der Waals surface area contributed by atoms with Crippen molar-refractivity contribution < 1.29 is 4.74 Å². The minimum absolute atomic E-state index is 0.346. The average molecular weight is 284 g/mol. The van der Waals surface area contributed by atoms with Crippen LogP contribution < -0.4 is 16.0 Å². The normalized spacial score (nSPS) is 15.1. The van der Waals surface area contributed by atoms with Gasteiger partial charge < -0.3 is 10.2 Å². The van der Waals surface area contributed by atoms with Crippen molar-refractivity contribution in [3.05, 3.63) is 47.9 Å². The topological polar surface area (TPSA) is 73.1 Å². The van der Waals surface area contributed by atoms with Gasteiger partial charge in [-0.1, -0.05) is 31.0 Å². The third-order valence-electron chi connectivity index (χ3n) is 3.82. The van der Waals surface area contributed by atoms with Crippen molar-refractivity contribution in [1.82, 2.24) is 9.97 Å². The van der Waals surface area contributed by atoms with E-state index in [-0.39, 0.29) is 0 Å². The summed E-state index contributed by atoms with van der Waals surface area (Å²) >= 11 is 0. The first-order valence-corrected chi connectivity index (χ1v) is 7.37. The molecule has 0 bridgehead atoms. The van der Waals surface area contributed by atoms with Gasteiger partial charge in [0, 0.05) is 17.7 Å². The smallest absolute Gasteiger partial charge is 0.168 e. The number of nitrogen functional groups attached to an aromatic ring is 1. The van der Waals surface area contributed by atoms with Crippen LogP contribution in [-0.4, -0.2) is 9.97 Å². The van der Waals surface area contributed by atoms with Gasteiger partial charge in [0.15, 0.2) is 5.82 Å². The first-order valence-electron chi connectivity index (χ1n) is 7.37. The molecule has 1 aliphatic carbocycles. The minimum atomic E-state index is 0.346. The zero-order valence-electron chi connectivity index (χ0n) is 12.0. The number of benzene rings is 1. The predicted molar refractivity (Wildman–Crippen MR) is 81.8 cm³/mol. The number of rotatable bonds is 5. The predicted octanol–water partition coefficient (Wildman–Crippen LogP) is 3.00. The zero-order valence-corrected chi connectivity index (χ0v) is 12.0. The van der Waals surface area contributed by atoms with E-state index in [1.165, 1.54) is 25.7 Å². The molecule has 1 fully saturated rings.